The molecule has 0 fully saturated rings. The predicted octanol–water partition coefficient (Wildman–Crippen LogP) is 4.08. The second kappa shape index (κ2) is 12.2. The first-order valence-corrected chi connectivity index (χ1v) is 9.45. The van der Waals surface area contributed by atoms with Crippen LogP contribution in [0.3, 0.4) is 0 Å². The number of benzene rings is 1. The van der Waals surface area contributed by atoms with E-state index in [0.29, 0.717) is 12.5 Å². The van der Waals surface area contributed by atoms with Gasteiger partial charge in [-0.25, -0.2) is 0 Å². The smallest absolute Gasteiger partial charge is 0.416 e. The molecule has 1 aromatic rings. The number of alkyl halides is 3. The number of aliphatic imine (C=N–C) groups is 1. The average molecular weight is 544 g/mol. The van der Waals surface area contributed by atoms with Crippen LogP contribution in [0.25, 0.3) is 0 Å². The predicted molar refractivity (Wildman–Crippen MR) is 123 cm³/mol. The van der Waals surface area contributed by atoms with E-state index in [1.54, 1.807) is 20.8 Å². The number of hydrogen-bond donors (Lipinski definition) is 3. The molecule has 10 heteroatoms. The van der Waals surface area contributed by atoms with Gasteiger partial charge in [-0.15, -0.1) is 24.0 Å². The lowest BCUT2D eigenvalue weighted by Gasteiger charge is -2.23. The summed E-state index contributed by atoms with van der Waals surface area (Å²) in [5.41, 5.74) is -1.30. The number of hydrogen-bond acceptors (Lipinski definition) is 3. The monoisotopic (exact) mass is 544 g/mol. The third-order valence-corrected chi connectivity index (χ3v) is 3.57. The van der Waals surface area contributed by atoms with Crippen LogP contribution in [0.4, 0.5) is 13.2 Å². The summed E-state index contributed by atoms with van der Waals surface area (Å²) in [7, 11) is 1.51. The van der Waals surface area contributed by atoms with Gasteiger partial charge in [0.2, 0.25) is 5.91 Å². The normalized spacial score (nSPS) is 12.3. The molecule has 0 aliphatic rings. The molecular formula is C20H32F3IN4O2. The molecule has 172 valence electrons. The van der Waals surface area contributed by atoms with Crippen LogP contribution in [0, 0.1) is 0 Å². The van der Waals surface area contributed by atoms with Crippen molar-refractivity contribution in [2.24, 2.45) is 4.99 Å². The Kier molecular flexibility index (Phi) is 11.5. The van der Waals surface area contributed by atoms with Gasteiger partial charge in [-0.2, -0.15) is 13.2 Å². The summed E-state index contributed by atoms with van der Waals surface area (Å²) < 4.78 is 46.0. The van der Waals surface area contributed by atoms with Gasteiger partial charge in [0.05, 0.1) is 5.56 Å². The van der Waals surface area contributed by atoms with Crippen LogP contribution in [-0.4, -0.2) is 37.1 Å². The Morgan fingerprint density at radius 2 is 1.80 bits per heavy atom. The van der Waals surface area contributed by atoms with Gasteiger partial charge in [0.1, 0.15) is 11.4 Å². The molecule has 3 N–H and O–H groups in total. The zero-order chi connectivity index (χ0) is 22.2. The maximum Gasteiger partial charge on any atom is 0.416 e. The van der Waals surface area contributed by atoms with E-state index in [1.165, 1.54) is 19.2 Å². The van der Waals surface area contributed by atoms with Crippen LogP contribution in [0.1, 0.15) is 52.2 Å². The number of ether oxygens (including phenoxy) is 1. The van der Waals surface area contributed by atoms with Crippen molar-refractivity contribution < 1.29 is 22.7 Å². The summed E-state index contributed by atoms with van der Waals surface area (Å²) in [5, 5.41) is 8.53. The maximum absolute atomic E-state index is 13.5. The van der Waals surface area contributed by atoms with Crippen molar-refractivity contribution in [1.82, 2.24) is 16.0 Å². The van der Waals surface area contributed by atoms with E-state index in [4.69, 9.17) is 4.74 Å². The zero-order valence-corrected chi connectivity index (χ0v) is 20.6. The van der Waals surface area contributed by atoms with Crippen molar-refractivity contribution in [2.45, 2.75) is 65.4 Å². The number of guanidine groups is 1. The minimum absolute atomic E-state index is 0. The van der Waals surface area contributed by atoms with Crippen molar-refractivity contribution in [1.29, 1.82) is 0 Å². The molecule has 1 rings (SSSR count). The Labute approximate surface area is 193 Å². The lowest BCUT2D eigenvalue weighted by Crippen LogP contribution is -2.40. The Balaban J connectivity index is 0.00000841. The first-order chi connectivity index (χ1) is 13.3. The minimum atomic E-state index is -4.51. The molecule has 1 amide bonds. The quantitative estimate of drug-likeness (QED) is 0.275. The number of nitrogens with one attached hydrogen (secondary N) is 3. The maximum atomic E-state index is 13.5. The molecule has 6 nitrogen and oxygen atoms in total. The van der Waals surface area contributed by atoms with Crippen molar-refractivity contribution in [3.63, 3.8) is 0 Å². The Morgan fingerprint density at radius 1 is 1.17 bits per heavy atom. The Bertz CT molecular complexity index is 717. The van der Waals surface area contributed by atoms with Gasteiger partial charge in [-0.1, -0.05) is 6.07 Å². The van der Waals surface area contributed by atoms with Crippen molar-refractivity contribution in [2.75, 3.05) is 13.6 Å². The van der Waals surface area contributed by atoms with Gasteiger partial charge in [-0.3, -0.25) is 9.79 Å². The van der Waals surface area contributed by atoms with Gasteiger partial charge in [-0.05, 0) is 52.3 Å². The molecule has 0 aliphatic heterocycles. The molecule has 0 aromatic heterocycles. The summed E-state index contributed by atoms with van der Waals surface area (Å²) in [6.45, 7) is 9.27. The molecule has 0 saturated heterocycles. The van der Waals surface area contributed by atoms with Gasteiger partial charge >= 0.3 is 6.18 Å². The highest BCUT2D eigenvalue weighted by Crippen LogP contribution is 2.35. The topological polar surface area (TPSA) is 74.8 Å². The molecule has 0 atom stereocenters. The number of rotatable bonds is 7. The van der Waals surface area contributed by atoms with Crippen LogP contribution < -0.4 is 20.7 Å². The summed E-state index contributed by atoms with van der Waals surface area (Å²) in [6.07, 6.45) is -4.29. The van der Waals surface area contributed by atoms with Crippen molar-refractivity contribution >= 4 is 35.8 Å². The van der Waals surface area contributed by atoms with Crippen LogP contribution in [0.15, 0.2) is 23.2 Å². The average Bonchev–Trinajstić information content (AvgIpc) is 2.55. The van der Waals surface area contributed by atoms with Crippen molar-refractivity contribution in [3.8, 4) is 5.75 Å². The first kappa shape index (κ1) is 28.3. The van der Waals surface area contributed by atoms with Crippen LogP contribution in [0.2, 0.25) is 0 Å². The molecule has 0 unspecified atom stereocenters. The minimum Gasteiger partial charge on any atom is -0.488 e. The molecule has 0 radical (unpaired) electrons. The molecule has 0 heterocycles. The standard InChI is InChI=1S/C20H31F3N4O2.HI/c1-13(2)27-17(28)9-10-25-18(24-6)26-12-14-7-8-15(29-19(3,4)5)11-16(14)20(21,22)23;/h7-8,11,13H,9-10,12H2,1-6H3,(H,27,28)(H2,24,25,26);1H. The second-order valence-corrected chi connectivity index (χ2v) is 7.86. The summed E-state index contributed by atoms with van der Waals surface area (Å²) in [4.78, 5) is 15.6. The van der Waals surface area contributed by atoms with E-state index in [1.807, 2.05) is 13.8 Å². The largest absolute Gasteiger partial charge is 0.488 e. The number of halogens is 4. The fourth-order valence-corrected chi connectivity index (χ4v) is 2.48. The van der Waals surface area contributed by atoms with E-state index in [0.717, 1.165) is 6.07 Å². The summed E-state index contributed by atoms with van der Waals surface area (Å²) in [5.74, 6) is 0.356. The van der Waals surface area contributed by atoms with E-state index >= 15 is 0 Å². The SMILES string of the molecule is CN=C(NCCC(=O)NC(C)C)NCc1ccc(OC(C)(C)C)cc1C(F)(F)F.I. The third-order valence-electron chi connectivity index (χ3n) is 3.57. The highest BCUT2D eigenvalue weighted by atomic mass is 127. The van der Waals surface area contributed by atoms with E-state index in [2.05, 4.69) is 20.9 Å². The molecule has 0 saturated carbocycles. The van der Waals surface area contributed by atoms with E-state index in [-0.39, 0.29) is 60.2 Å². The summed E-state index contributed by atoms with van der Waals surface area (Å²) >= 11 is 0. The van der Waals surface area contributed by atoms with E-state index < -0.39 is 17.3 Å². The highest BCUT2D eigenvalue weighted by Gasteiger charge is 2.34. The lowest BCUT2D eigenvalue weighted by molar-refractivity contribution is -0.138. The van der Waals surface area contributed by atoms with Crippen molar-refractivity contribution in [3.05, 3.63) is 29.3 Å². The number of carbonyl (C=O) groups excluding carboxylic acids is 1. The lowest BCUT2D eigenvalue weighted by atomic mass is 10.1. The Hall–Kier alpha value is -1.72. The second-order valence-electron chi connectivity index (χ2n) is 7.86. The third kappa shape index (κ3) is 10.9. The zero-order valence-electron chi connectivity index (χ0n) is 18.2. The molecule has 30 heavy (non-hydrogen) atoms. The number of amides is 1. The number of nitrogens with zero attached hydrogens (tertiary/aromatic N) is 1. The fourth-order valence-electron chi connectivity index (χ4n) is 2.48. The van der Waals surface area contributed by atoms with Crippen LogP contribution in [0.5, 0.6) is 5.75 Å². The van der Waals surface area contributed by atoms with Gasteiger partial charge < -0.3 is 20.7 Å². The van der Waals surface area contributed by atoms with E-state index in [9.17, 15) is 18.0 Å². The number of carbonyl (C=O) groups is 1. The fraction of sp³-hybridized carbons (Fsp3) is 0.600. The highest BCUT2D eigenvalue weighted by molar-refractivity contribution is 14.0. The van der Waals surface area contributed by atoms with Gasteiger partial charge in [0, 0.05) is 32.6 Å². The first-order valence-electron chi connectivity index (χ1n) is 9.45. The molecular weight excluding hydrogens is 512 g/mol. The molecule has 0 aliphatic carbocycles. The van der Waals surface area contributed by atoms with Crippen LogP contribution >= 0.6 is 24.0 Å². The molecule has 1 aromatic carbocycles. The summed E-state index contributed by atoms with van der Waals surface area (Å²) in [6, 6.07) is 3.96. The molecule has 0 bridgehead atoms. The van der Waals surface area contributed by atoms with Crippen LogP contribution in [-0.2, 0) is 17.5 Å². The van der Waals surface area contributed by atoms with Gasteiger partial charge in [0.25, 0.3) is 0 Å². The Morgan fingerprint density at radius 3 is 2.30 bits per heavy atom. The molecule has 0 spiro atoms. The van der Waals surface area contributed by atoms with Gasteiger partial charge in [0.15, 0.2) is 5.96 Å².